The Morgan fingerprint density at radius 2 is 1.83 bits per heavy atom. The van der Waals surface area contributed by atoms with Gasteiger partial charge in [-0.3, -0.25) is 4.79 Å². The van der Waals surface area contributed by atoms with E-state index in [1.165, 1.54) is 4.90 Å². The Kier molecular flexibility index (Phi) is 6.39. The SMILES string of the molecule is C=C(C)CN(CC)C(=O)CS(=O)(=O)c1cc(C(C)(C)C)ccc1C. The van der Waals surface area contributed by atoms with E-state index in [4.69, 9.17) is 0 Å². The van der Waals surface area contributed by atoms with Crippen LogP contribution in [0.3, 0.4) is 0 Å². The number of rotatable bonds is 6. The fourth-order valence-electron chi connectivity index (χ4n) is 2.44. The maximum atomic E-state index is 12.8. The van der Waals surface area contributed by atoms with E-state index in [1.54, 1.807) is 13.0 Å². The lowest BCUT2D eigenvalue weighted by molar-refractivity contribution is -0.127. The van der Waals surface area contributed by atoms with Crippen LogP contribution in [-0.4, -0.2) is 38.1 Å². The van der Waals surface area contributed by atoms with Gasteiger partial charge in [0.05, 0.1) is 4.90 Å². The van der Waals surface area contributed by atoms with E-state index in [1.807, 2.05) is 46.8 Å². The summed E-state index contributed by atoms with van der Waals surface area (Å²) in [6.45, 7) is 16.1. The minimum Gasteiger partial charge on any atom is -0.338 e. The summed E-state index contributed by atoms with van der Waals surface area (Å²) in [5.41, 5.74) is 2.28. The summed E-state index contributed by atoms with van der Waals surface area (Å²) >= 11 is 0. The van der Waals surface area contributed by atoms with Crippen LogP contribution >= 0.6 is 0 Å². The highest BCUT2D eigenvalue weighted by Crippen LogP contribution is 2.27. The lowest BCUT2D eigenvalue weighted by Crippen LogP contribution is -2.36. The largest absolute Gasteiger partial charge is 0.338 e. The number of sulfone groups is 1. The normalized spacial score (nSPS) is 12.1. The van der Waals surface area contributed by atoms with Gasteiger partial charge in [-0.05, 0) is 43.4 Å². The number of benzene rings is 1. The molecule has 0 heterocycles. The fraction of sp³-hybridized carbons (Fsp3) is 0.526. The lowest BCUT2D eigenvalue weighted by Gasteiger charge is -2.22. The highest BCUT2D eigenvalue weighted by molar-refractivity contribution is 7.92. The number of amides is 1. The Labute approximate surface area is 146 Å². The van der Waals surface area contributed by atoms with E-state index in [-0.39, 0.29) is 16.2 Å². The zero-order valence-corrected chi connectivity index (χ0v) is 16.5. The van der Waals surface area contributed by atoms with Crippen molar-refractivity contribution in [2.75, 3.05) is 18.8 Å². The summed E-state index contributed by atoms with van der Waals surface area (Å²) in [6.07, 6.45) is 0. The molecule has 1 amide bonds. The van der Waals surface area contributed by atoms with Gasteiger partial charge in [0.25, 0.3) is 0 Å². The van der Waals surface area contributed by atoms with Gasteiger partial charge in [-0.25, -0.2) is 8.42 Å². The molecule has 0 saturated heterocycles. The smallest absolute Gasteiger partial charge is 0.238 e. The van der Waals surface area contributed by atoms with E-state index in [0.29, 0.717) is 18.7 Å². The van der Waals surface area contributed by atoms with Crippen molar-refractivity contribution in [2.24, 2.45) is 0 Å². The van der Waals surface area contributed by atoms with Crippen LogP contribution in [0.5, 0.6) is 0 Å². The number of likely N-dealkylation sites (N-methyl/N-ethyl adjacent to an activating group) is 1. The Balaban J connectivity index is 3.17. The lowest BCUT2D eigenvalue weighted by atomic mass is 9.87. The second-order valence-corrected chi connectivity index (χ2v) is 9.31. The Bertz CT molecular complexity index is 727. The molecule has 0 radical (unpaired) electrons. The molecule has 0 aliphatic rings. The summed E-state index contributed by atoms with van der Waals surface area (Å²) in [6, 6.07) is 5.45. The molecule has 0 aliphatic carbocycles. The molecule has 0 unspecified atom stereocenters. The van der Waals surface area contributed by atoms with Crippen molar-refractivity contribution >= 4 is 15.7 Å². The molecule has 1 aromatic carbocycles. The summed E-state index contributed by atoms with van der Waals surface area (Å²) in [5.74, 6) is -0.899. The van der Waals surface area contributed by atoms with Gasteiger partial charge in [0.2, 0.25) is 5.91 Å². The van der Waals surface area contributed by atoms with Crippen molar-refractivity contribution < 1.29 is 13.2 Å². The predicted molar refractivity (Wildman–Crippen MR) is 99.0 cm³/mol. The van der Waals surface area contributed by atoms with Gasteiger partial charge in [0.15, 0.2) is 9.84 Å². The standard InChI is InChI=1S/C19H29NO3S/c1-8-20(12-14(2)3)18(21)13-24(22,23)17-11-16(19(5,6)7)10-9-15(17)4/h9-11H,2,8,12-13H2,1,3-7H3. The monoisotopic (exact) mass is 351 g/mol. The second-order valence-electron chi connectivity index (χ2n) is 7.35. The molecular formula is C19H29NO3S. The predicted octanol–water partition coefficient (Wildman–Crippen LogP) is 3.49. The number of aryl methyl sites for hydroxylation is 1. The molecule has 0 bridgehead atoms. The Morgan fingerprint density at radius 3 is 2.29 bits per heavy atom. The third-order valence-electron chi connectivity index (χ3n) is 3.90. The summed E-state index contributed by atoms with van der Waals surface area (Å²) in [7, 11) is -3.68. The number of hydrogen-bond acceptors (Lipinski definition) is 3. The van der Waals surface area contributed by atoms with Gasteiger partial charge in [-0.1, -0.05) is 45.1 Å². The van der Waals surface area contributed by atoms with E-state index >= 15 is 0 Å². The van der Waals surface area contributed by atoms with Crippen molar-refractivity contribution in [1.82, 2.24) is 4.90 Å². The molecular weight excluding hydrogens is 322 g/mol. The van der Waals surface area contributed by atoms with Crippen molar-refractivity contribution in [1.29, 1.82) is 0 Å². The molecule has 4 nitrogen and oxygen atoms in total. The highest BCUT2D eigenvalue weighted by Gasteiger charge is 2.26. The van der Waals surface area contributed by atoms with Crippen LogP contribution in [0.25, 0.3) is 0 Å². The van der Waals surface area contributed by atoms with E-state index < -0.39 is 15.6 Å². The molecule has 134 valence electrons. The zero-order valence-electron chi connectivity index (χ0n) is 15.6. The molecule has 1 rings (SSSR count). The van der Waals surface area contributed by atoms with Crippen molar-refractivity contribution in [2.45, 2.75) is 51.9 Å². The first-order valence-electron chi connectivity index (χ1n) is 8.14. The molecule has 24 heavy (non-hydrogen) atoms. The third-order valence-corrected chi connectivity index (χ3v) is 5.63. The van der Waals surface area contributed by atoms with E-state index in [2.05, 4.69) is 6.58 Å². The van der Waals surface area contributed by atoms with E-state index in [9.17, 15) is 13.2 Å². The van der Waals surface area contributed by atoms with Gasteiger partial charge in [-0.2, -0.15) is 0 Å². The molecule has 0 N–H and O–H groups in total. The van der Waals surface area contributed by atoms with Gasteiger partial charge in [0, 0.05) is 13.1 Å². The molecule has 0 fully saturated rings. The molecule has 0 spiro atoms. The van der Waals surface area contributed by atoms with Crippen LogP contribution in [0, 0.1) is 6.92 Å². The number of carbonyl (C=O) groups is 1. The summed E-state index contributed by atoms with van der Waals surface area (Å²) in [5, 5.41) is 0. The minimum atomic E-state index is -3.68. The molecule has 0 aromatic heterocycles. The summed E-state index contributed by atoms with van der Waals surface area (Å²) in [4.78, 5) is 14.2. The topological polar surface area (TPSA) is 54.5 Å². The molecule has 1 aromatic rings. The first-order valence-corrected chi connectivity index (χ1v) is 9.79. The van der Waals surface area contributed by atoms with Crippen LogP contribution in [0.15, 0.2) is 35.2 Å². The highest BCUT2D eigenvalue weighted by atomic mass is 32.2. The average Bonchev–Trinajstić information content (AvgIpc) is 2.42. The van der Waals surface area contributed by atoms with Crippen LogP contribution < -0.4 is 0 Å². The Hall–Kier alpha value is -1.62. The van der Waals surface area contributed by atoms with Gasteiger partial charge < -0.3 is 4.90 Å². The Morgan fingerprint density at radius 1 is 1.25 bits per heavy atom. The first-order chi connectivity index (χ1) is 10.9. The van der Waals surface area contributed by atoms with Crippen molar-refractivity contribution in [3.05, 3.63) is 41.5 Å². The zero-order chi connectivity index (χ0) is 18.7. The fourth-order valence-corrected chi connectivity index (χ4v) is 3.96. The van der Waals surface area contributed by atoms with Crippen LogP contribution in [-0.2, 0) is 20.0 Å². The third kappa shape index (κ3) is 5.20. The minimum absolute atomic E-state index is 0.155. The van der Waals surface area contributed by atoms with Gasteiger partial charge >= 0.3 is 0 Å². The summed E-state index contributed by atoms with van der Waals surface area (Å²) < 4.78 is 25.6. The first kappa shape index (κ1) is 20.4. The van der Waals surface area contributed by atoms with E-state index in [0.717, 1.165) is 11.1 Å². The number of nitrogens with zero attached hydrogens (tertiary/aromatic N) is 1. The van der Waals surface area contributed by atoms with Crippen LogP contribution in [0.1, 0.15) is 45.7 Å². The van der Waals surface area contributed by atoms with Crippen LogP contribution in [0.2, 0.25) is 0 Å². The average molecular weight is 352 g/mol. The second kappa shape index (κ2) is 7.51. The number of carbonyl (C=O) groups excluding carboxylic acids is 1. The molecule has 0 atom stereocenters. The molecule has 0 aliphatic heterocycles. The van der Waals surface area contributed by atoms with Gasteiger partial charge in [-0.15, -0.1) is 0 Å². The molecule has 5 heteroatoms. The maximum Gasteiger partial charge on any atom is 0.238 e. The van der Waals surface area contributed by atoms with Gasteiger partial charge in [0.1, 0.15) is 5.75 Å². The van der Waals surface area contributed by atoms with Crippen molar-refractivity contribution in [3.8, 4) is 0 Å². The molecule has 0 saturated carbocycles. The maximum absolute atomic E-state index is 12.8. The quantitative estimate of drug-likeness (QED) is 0.737. The van der Waals surface area contributed by atoms with Crippen LogP contribution in [0.4, 0.5) is 0 Å². The number of hydrogen-bond donors (Lipinski definition) is 0. The van der Waals surface area contributed by atoms with Crippen molar-refractivity contribution in [3.63, 3.8) is 0 Å².